The van der Waals surface area contributed by atoms with Crippen LogP contribution in [0.5, 0.6) is 0 Å². The summed E-state index contributed by atoms with van der Waals surface area (Å²) in [5.41, 5.74) is 2.23. The van der Waals surface area contributed by atoms with E-state index < -0.39 is 6.09 Å². The number of piperidine rings is 1. The van der Waals surface area contributed by atoms with Crippen molar-refractivity contribution in [1.82, 2.24) is 9.88 Å². The fraction of sp³-hybridized carbons (Fsp3) is 0.400. The van der Waals surface area contributed by atoms with Gasteiger partial charge in [0.15, 0.2) is 0 Å². The van der Waals surface area contributed by atoms with E-state index in [9.17, 15) is 9.90 Å². The number of aryl methyl sites for hydroxylation is 1. The van der Waals surface area contributed by atoms with Crippen LogP contribution in [-0.4, -0.2) is 40.2 Å². The van der Waals surface area contributed by atoms with Crippen LogP contribution < -0.4 is 5.32 Å². The van der Waals surface area contributed by atoms with Gasteiger partial charge >= 0.3 is 6.09 Å². The second-order valence-electron chi connectivity index (χ2n) is 6.90. The number of amides is 1. The van der Waals surface area contributed by atoms with Gasteiger partial charge in [-0.1, -0.05) is 29.8 Å². The first-order valence-corrected chi connectivity index (χ1v) is 9.30. The molecule has 1 saturated heterocycles. The van der Waals surface area contributed by atoms with E-state index in [0.717, 1.165) is 36.3 Å². The third kappa shape index (κ3) is 4.67. The Morgan fingerprint density at radius 1 is 1.35 bits per heavy atom. The van der Waals surface area contributed by atoms with E-state index in [0.29, 0.717) is 23.9 Å². The molecule has 26 heavy (non-hydrogen) atoms. The zero-order valence-electron chi connectivity index (χ0n) is 14.9. The maximum absolute atomic E-state index is 11.6. The van der Waals surface area contributed by atoms with E-state index in [-0.39, 0.29) is 6.04 Å². The molecule has 138 valence electrons. The molecule has 1 aromatic heterocycles. The Morgan fingerprint density at radius 2 is 2.12 bits per heavy atom. The lowest BCUT2D eigenvalue weighted by Gasteiger charge is -2.38. The number of likely N-dealkylation sites (tertiary alicyclic amines) is 1. The molecule has 2 N–H and O–H groups in total. The van der Waals surface area contributed by atoms with E-state index in [1.165, 1.54) is 0 Å². The Balaban J connectivity index is 1.64. The van der Waals surface area contributed by atoms with Crippen molar-refractivity contribution in [1.29, 1.82) is 0 Å². The summed E-state index contributed by atoms with van der Waals surface area (Å²) in [4.78, 5) is 17.6. The summed E-state index contributed by atoms with van der Waals surface area (Å²) >= 11 is 5.95. The van der Waals surface area contributed by atoms with Crippen molar-refractivity contribution in [2.75, 3.05) is 18.4 Å². The predicted molar refractivity (Wildman–Crippen MR) is 104 cm³/mol. The first-order valence-electron chi connectivity index (χ1n) is 8.92. The topological polar surface area (TPSA) is 65.5 Å². The molecule has 0 bridgehead atoms. The molecule has 2 aromatic rings. The minimum Gasteiger partial charge on any atom is -0.465 e. The molecule has 1 aromatic carbocycles. The van der Waals surface area contributed by atoms with Gasteiger partial charge in [0.25, 0.3) is 0 Å². The molecular weight excluding hydrogens is 350 g/mol. The van der Waals surface area contributed by atoms with Crippen LogP contribution in [0.25, 0.3) is 0 Å². The summed E-state index contributed by atoms with van der Waals surface area (Å²) in [7, 11) is 0. The Bertz CT molecular complexity index is 751. The van der Waals surface area contributed by atoms with Gasteiger partial charge in [-0.25, -0.2) is 9.78 Å². The molecular formula is C20H24ClN3O2. The van der Waals surface area contributed by atoms with Crippen LogP contribution in [0.4, 0.5) is 10.6 Å². The van der Waals surface area contributed by atoms with Crippen molar-refractivity contribution in [2.24, 2.45) is 5.92 Å². The maximum Gasteiger partial charge on any atom is 0.407 e. The van der Waals surface area contributed by atoms with Gasteiger partial charge in [0, 0.05) is 30.4 Å². The first kappa shape index (κ1) is 18.5. The number of hydrogen-bond donors (Lipinski definition) is 2. The van der Waals surface area contributed by atoms with Crippen LogP contribution in [0.2, 0.25) is 5.02 Å². The lowest BCUT2D eigenvalue weighted by atomic mass is 9.87. The third-order valence-electron chi connectivity index (χ3n) is 5.02. The lowest BCUT2D eigenvalue weighted by Crippen LogP contribution is -2.47. The number of benzene rings is 1. The van der Waals surface area contributed by atoms with E-state index in [4.69, 9.17) is 11.6 Å². The highest BCUT2D eigenvalue weighted by atomic mass is 35.5. The van der Waals surface area contributed by atoms with Crippen molar-refractivity contribution in [3.63, 3.8) is 0 Å². The highest BCUT2D eigenvalue weighted by molar-refractivity contribution is 6.30. The molecule has 2 atom stereocenters. The van der Waals surface area contributed by atoms with Gasteiger partial charge in [-0.2, -0.15) is 0 Å². The quantitative estimate of drug-likeness (QED) is 0.812. The van der Waals surface area contributed by atoms with Gasteiger partial charge < -0.3 is 15.3 Å². The van der Waals surface area contributed by atoms with Crippen molar-refractivity contribution in [2.45, 2.75) is 32.2 Å². The highest BCUT2D eigenvalue weighted by Gasteiger charge is 2.31. The molecule has 2 unspecified atom stereocenters. The molecule has 5 nitrogen and oxygen atoms in total. The zero-order valence-corrected chi connectivity index (χ0v) is 15.6. The number of carbonyl (C=O) groups is 1. The van der Waals surface area contributed by atoms with E-state index in [1.54, 1.807) is 11.1 Å². The minimum absolute atomic E-state index is 0.0148. The Hall–Kier alpha value is -2.27. The van der Waals surface area contributed by atoms with E-state index in [2.05, 4.69) is 10.3 Å². The fourth-order valence-electron chi connectivity index (χ4n) is 3.57. The molecule has 0 aliphatic carbocycles. The number of rotatable bonds is 5. The Kier molecular flexibility index (Phi) is 5.99. The van der Waals surface area contributed by atoms with Crippen molar-refractivity contribution >= 4 is 23.5 Å². The number of halogens is 1. The highest BCUT2D eigenvalue weighted by Crippen LogP contribution is 2.27. The van der Waals surface area contributed by atoms with Gasteiger partial charge in [-0.15, -0.1) is 0 Å². The fourth-order valence-corrected chi connectivity index (χ4v) is 3.70. The number of nitrogens with zero attached hydrogens (tertiary/aromatic N) is 2. The van der Waals surface area contributed by atoms with Gasteiger partial charge in [-0.3, -0.25) is 0 Å². The molecule has 0 saturated carbocycles. The number of pyridine rings is 1. The molecule has 6 heteroatoms. The molecule has 0 spiro atoms. The first-order chi connectivity index (χ1) is 12.5. The number of carboxylic acid groups (broad SMARTS) is 1. The zero-order chi connectivity index (χ0) is 18.5. The Morgan fingerprint density at radius 3 is 2.81 bits per heavy atom. The van der Waals surface area contributed by atoms with Crippen LogP contribution >= 0.6 is 11.6 Å². The summed E-state index contributed by atoms with van der Waals surface area (Å²) in [6.45, 7) is 3.41. The summed E-state index contributed by atoms with van der Waals surface area (Å²) in [5.74, 6) is 1.33. The molecule has 1 fully saturated rings. The second kappa shape index (κ2) is 8.41. The number of hydrogen-bond acceptors (Lipinski definition) is 3. The monoisotopic (exact) mass is 373 g/mol. The largest absolute Gasteiger partial charge is 0.465 e. The minimum atomic E-state index is -0.837. The smallest absolute Gasteiger partial charge is 0.407 e. The lowest BCUT2D eigenvalue weighted by molar-refractivity contribution is 0.0917. The average Bonchev–Trinajstić information content (AvgIpc) is 2.63. The number of anilines is 1. The molecule has 1 aliphatic heterocycles. The van der Waals surface area contributed by atoms with E-state index >= 15 is 0 Å². The van der Waals surface area contributed by atoms with Crippen molar-refractivity contribution in [3.8, 4) is 0 Å². The van der Waals surface area contributed by atoms with Gasteiger partial charge in [0.05, 0.1) is 0 Å². The summed E-state index contributed by atoms with van der Waals surface area (Å²) in [5, 5.41) is 13.7. The normalized spacial score (nSPS) is 20.0. The average molecular weight is 374 g/mol. The van der Waals surface area contributed by atoms with Crippen LogP contribution in [0.3, 0.4) is 0 Å². The molecule has 2 heterocycles. The third-order valence-corrected chi connectivity index (χ3v) is 5.27. The SMILES string of the molecule is Cc1cccnc1NCC1CCN(C(=O)O)C(Cc2ccc(Cl)cc2)C1. The van der Waals surface area contributed by atoms with Crippen LogP contribution in [0.15, 0.2) is 42.6 Å². The Labute approximate surface area is 159 Å². The number of aromatic nitrogens is 1. The molecule has 1 amide bonds. The van der Waals surface area contributed by atoms with Crippen LogP contribution in [0, 0.1) is 12.8 Å². The van der Waals surface area contributed by atoms with Gasteiger partial charge in [-0.05, 0) is 61.4 Å². The standard InChI is InChI=1S/C20H24ClN3O2/c1-14-3-2-9-22-19(14)23-13-16-8-10-24(20(25)26)18(12-16)11-15-4-6-17(21)7-5-15/h2-7,9,16,18H,8,10-13H2,1H3,(H,22,23)(H,25,26). The maximum atomic E-state index is 11.6. The van der Waals surface area contributed by atoms with Crippen molar-refractivity contribution in [3.05, 3.63) is 58.7 Å². The van der Waals surface area contributed by atoms with E-state index in [1.807, 2.05) is 43.3 Å². The molecule has 0 radical (unpaired) electrons. The van der Waals surface area contributed by atoms with Gasteiger partial charge in [0.1, 0.15) is 5.82 Å². The van der Waals surface area contributed by atoms with Crippen molar-refractivity contribution < 1.29 is 9.90 Å². The second-order valence-corrected chi connectivity index (χ2v) is 7.34. The van der Waals surface area contributed by atoms with Crippen LogP contribution in [0.1, 0.15) is 24.0 Å². The summed E-state index contributed by atoms with van der Waals surface area (Å²) < 4.78 is 0. The predicted octanol–water partition coefficient (Wildman–Crippen LogP) is 4.46. The van der Waals surface area contributed by atoms with Gasteiger partial charge in [0.2, 0.25) is 0 Å². The molecule has 3 rings (SSSR count). The molecule has 1 aliphatic rings. The summed E-state index contributed by atoms with van der Waals surface area (Å²) in [6.07, 6.45) is 3.36. The summed E-state index contributed by atoms with van der Waals surface area (Å²) in [6, 6.07) is 11.6. The number of nitrogens with one attached hydrogen (secondary N) is 1. The van der Waals surface area contributed by atoms with Crippen LogP contribution in [-0.2, 0) is 6.42 Å².